The Morgan fingerprint density at radius 1 is 1.25 bits per heavy atom. The summed E-state index contributed by atoms with van der Waals surface area (Å²) in [5.41, 5.74) is 1.32. The summed E-state index contributed by atoms with van der Waals surface area (Å²) in [6, 6.07) is 11.4. The summed E-state index contributed by atoms with van der Waals surface area (Å²) in [5.74, 6) is 0. The van der Waals surface area contributed by atoms with Crippen LogP contribution >= 0.6 is 0 Å². The van der Waals surface area contributed by atoms with E-state index in [0.29, 0.717) is 0 Å². The summed E-state index contributed by atoms with van der Waals surface area (Å²) in [7, 11) is 4.44. The molecule has 2 heteroatoms. The van der Waals surface area contributed by atoms with Crippen molar-refractivity contribution in [3.05, 3.63) is 30.3 Å². The van der Waals surface area contributed by atoms with Crippen LogP contribution in [-0.2, 0) is 0 Å². The maximum Gasteiger partial charge on any atom is 0.0364 e. The van der Waals surface area contributed by atoms with E-state index in [1.807, 2.05) is 0 Å². The Hall–Kier alpha value is -1.02. The van der Waals surface area contributed by atoms with E-state index in [1.54, 1.807) is 0 Å². The lowest BCUT2D eigenvalue weighted by molar-refractivity contribution is 0.189. The number of hydrogen-bond acceptors (Lipinski definition) is 2. The highest BCUT2D eigenvalue weighted by atomic mass is 15.2. The van der Waals surface area contributed by atoms with E-state index in [1.165, 1.54) is 31.5 Å². The summed E-state index contributed by atoms with van der Waals surface area (Å²) in [5, 5.41) is 0. The number of piperidine rings is 1. The Balaban J connectivity index is 1.94. The molecule has 1 heterocycles. The molecule has 0 bridgehead atoms. The Morgan fingerprint density at radius 2 is 2.00 bits per heavy atom. The van der Waals surface area contributed by atoms with Gasteiger partial charge < -0.3 is 9.80 Å². The number of anilines is 1. The van der Waals surface area contributed by atoms with Crippen molar-refractivity contribution < 1.29 is 0 Å². The quantitative estimate of drug-likeness (QED) is 0.769. The van der Waals surface area contributed by atoms with Crippen LogP contribution < -0.4 is 4.90 Å². The zero-order valence-corrected chi connectivity index (χ0v) is 10.4. The van der Waals surface area contributed by atoms with Crippen molar-refractivity contribution in [2.24, 2.45) is 0 Å². The topological polar surface area (TPSA) is 6.48 Å². The monoisotopic (exact) mass is 218 g/mol. The van der Waals surface area contributed by atoms with Gasteiger partial charge in [0.2, 0.25) is 0 Å². The molecular weight excluding hydrogens is 196 g/mol. The van der Waals surface area contributed by atoms with Crippen LogP contribution in [0.25, 0.3) is 0 Å². The summed E-state index contributed by atoms with van der Waals surface area (Å²) in [4.78, 5) is 4.87. The van der Waals surface area contributed by atoms with E-state index in [4.69, 9.17) is 0 Å². The molecule has 1 aliphatic heterocycles. The first-order valence-electron chi connectivity index (χ1n) is 6.24. The van der Waals surface area contributed by atoms with E-state index in [2.05, 4.69) is 54.2 Å². The second kappa shape index (κ2) is 5.35. The van der Waals surface area contributed by atoms with Crippen molar-refractivity contribution in [3.8, 4) is 0 Å². The third kappa shape index (κ3) is 2.76. The van der Waals surface area contributed by atoms with E-state index in [0.717, 1.165) is 12.6 Å². The van der Waals surface area contributed by atoms with Gasteiger partial charge in [0.1, 0.15) is 0 Å². The van der Waals surface area contributed by atoms with Gasteiger partial charge in [-0.2, -0.15) is 0 Å². The zero-order valence-electron chi connectivity index (χ0n) is 10.4. The molecule has 1 aliphatic rings. The normalized spacial score (nSPS) is 22.0. The van der Waals surface area contributed by atoms with Crippen molar-refractivity contribution in [1.82, 2.24) is 4.90 Å². The van der Waals surface area contributed by atoms with Gasteiger partial charge in [-0.15, -0.1) is 0 Å². The SMILES string of the molecule is CN(C[C@@H]1CCCCN1C)c1ccccc1. The first-order valence-corrected chi connectivity index (χ1v) is 6.24. The molecule has 2 rings (SSSR count). The van der Waals surface area contributed by atoms with E-state index >= 15 is 0 Å². The van der Waals surface area contributed by atoms with Crippen molar-refractivity contribution in [1.29, 1.82) is 0 Å². The average Bonchev–Trinajstić information content (AvgIpc) is 2.33. The Kier molecular flexibility index (Phi) is 3.83. The smallest absolute Gasteiger partial charge is 0.0364 e. The van der Waals surface area contributed by atoms with Gasteiger partial charge in [-0.3, -0.25) is 0 Å². The molecule has 1 aromatic rings. The molecule has 0 N–H and O–H groups in total. The van der Waals surface area contributed by atoms with Crippen molar-refractivity contribution in [3.63, 3.8) is 0 Å². The van der Waals surface area contributed by atoms with Crippen LogP contribution in [-0.4, -0.2) is 38.1 Å². The number of hydrogen-bond donors (Lipinski definition) is 0. The van der Waals surface area contributed by atoms with Crippen molar-refractivity contribution >= 4 is 5.69 Å². The van der Waals surface area contributed by atoms with Gasteiger partial charge in [0, 0.05) is 25.3 Å². The van der Waals surface area contributed by atoms with Crippen LogP contribution in [0.4, 0.5) is 5.69 Å². The van der Waals surface area contributed by atoms with Crippen LogP contribution in [0.15, 0.2) is 30.3 Å². The molecule has 0 spiro atoms. The molecule has 0 aromatic heterocycles. The van der Waals surface area contributed by atoms with Crippen molar-refractivity contribution in [2.75, 3.05) is 32.1 Å². The van der Waals surface area contributed by atoms with Gasteiger partial charge in [-0.05, 0) is 38.6 Å². The number of para-hydroxylation sites is 1. The molecular formula is C14H22N2. The summed E-state index contributed by atoms with van der Waals surface area (Å²) in [6.45, 7) is 2.40. The second-order valence-electron chi connectivity index (χ2n) is 4.85. The molecule has 1 atom stereocenters. The number of benzene rings is 1. The van der Waals surface area contributed by atoms with Crippen LogP contribution in [0.3, 0.4) is 0 Å². The molecule has 1 fully saturated rings. The maximum atomic E-state index is 2.50. The largest absolute Gasteiger partial charge is 0.373 e. The van der Waals surface area contributed by atoms with Crippen LogP contribution in [0, 0.1) is 0 Å². The van der Waals surface area contributed by atoms with E-state index in [-0.39, 0.29) is 0 Å². The third-order valence-corrected chi connectivity index (χ3v) is 3.60. The molecule has 88 valence electrons. The van der Waals surface area contributed by atoms with Crippen LogP contribution in [0.5, 0.6) is 0 Å². The predicted octanol–water partition coefficient (Wildman–Crippen LogP) is 2.61. The lowest BCUT2D eigenvalue weighted by Crippen LogP contribution is -2.43. The lowest BCUT2D eigenvalue weighted by atomic mass is 10.0. The molecule has 0 aliphatic carbocycles. The first kappa shape index (κ1) is 11.5. The molecule has 2 nitrogen and oxygen atoms in total. The van der Waals surface area contributed by atoms with E-state index in [9.17, 15) is 0 Å². The highest BCUT2D eigenvalue weighted by Crippen LogP contribution is 2.18. The van der Waals surface area contributed by atoms with Gasteiger partial charge in [-0.25, -0.2) is 0 Å². The molecule has 1 saturated heterocycles. The first-order chi connectivity index (χ1) is 7.77. The van der Waals surface area contributed by atoms with E-state index < -0.39 is 0 Å². The van der Waals surface area contributed by atoms with Gasteiger partial charge in [0.25, 0.3) is 0 Å². The van der Waals surface area contributed by atoms with Crippen molar-refractivity contribution in [2.45, 2.75) is 25.3 Å². The molecule has 1 aromatic carbocycles. The fourth-order valence-electron chi connectivity index (χ4n) is 2.48. The summed E-state index contributed by atoms with van der Waals surface area (Å²) in [6.07, 6.45) is 4.09. The predicted molar refractivity (Wildman–Crippen MR) is 70.0 cm³/mol. The Labute approximate surface area is 98.9 Å². The summed E-state index contributed by atoms with van der Waals surface area (Å²) < 4.78 is 0. The number of likely N-dealkylation sites (tertiary alicyclic amines) is 1. The number of likely N-dealkylation sites (N-methyl/N-ethyl adjacent to an activating group) is 2. The molecule has 0 amide bonds. The van der Waals surface area contributed by atoms with Crippen LogP contribution in [0.2, 0.25) is 0 Å². The molecule has 0 saturated carbocycles. The fourth-order valence-corrected chi connectivity index (χ4v) is 2.48. The Bertz CT molecular complexity index is 310. The second-order valence-corrected chi connectivity index (χ2v) is 4.85. The minimum atomic E-state index is 0.721. The zero-order chi connectivity index (χ0) is 11.4. The van der Waals surface area contributed by atoms with Gasteiger partial charge in [0.05, 0.1) is 0 Å². The Morgan fingerprint density at radius 3 is 2.69 bits per heavy atom. The molecule has 0 radical (unpaired) electrons. The highest BCUT2D eigenvalue weighted by molar-refractivity contribution is 5.45. The average molecular weight is 218 g/mol. The van der Waals surface area contributed by atoms with Crippen LogP contribution in [0.1, 0.15) is 19.3 Å². The minimum Gasteiger partial charge on any atom is -0.373 e. The number of rotatable bonds is 3. The standard InChI is InChI=1S/C14H22N2/c1-15-11-7-6-10-14(15)12-16(2)13-8-4-3-5-9-13/h3-5,8-9,14H,6-7,10-12H2,1-2H3/t14-/m0/s1. The highest BCUT2D eigenvalue weighted by Gasteiger charge is 2.20. The number of nitrogens with zero attached hydrogens (tertiary/aromatic N) is 2. The minimum absolute atomic E-state index is 0.721. The summed E-state index contributed by atoms with van der Waals surface area (Å²) >= 11 is 0. The maximum absolute atomic E-state index is 2.50. The fraction of sp³-hybridized carbons (Fsp3) is 0.571. The third-order valence-electron chi connectivity index (χ3n) is 3.60. The van der Waals surface area contributed by atoms with Gasteiger partial charge in [0.15, 0.2) is 0 Å². The molecule has 0 unspecified atom stereocenters. The molecule has 16 heavy (non-hydrogen) atoms. The van der Waals surface area contributed by atoms with Gasteiger partial charge >= 0.3 is 0 Å². The lowest BCUT2D eigenvalue weighted by Gasteiger charge is -2.35. The van der Waals surface area contributed by atoms with Gasteiger partial charge in [-0.1, -0.05) is 24.6 Å².